The summed E-state index contributed by atoms with van der Waals surface area (Å²) in [4.78, 5) is 11.2. The molecule has 0 atom stereocenters. The van der Waals surface area contributed by atoms with Crippen LogP contribution in [-0.4, -0.2) is 35.6 Å². The van der Waals surface area contributed by atoms with E-state index in [1.807, 2.05) is 4.58 Å². The van der Waals surface area contributed by atoms with Crippen LogP contribution >= 0.6 is 0 Å². The fraction of sp³-hybridized carbons (Fsp3) is 0.778. The van der Waals surface area contributed by atoms with E-state index < -0.39 is 5.54 Å². The third kappa shape index (κ3) is 3.14. The Morgan fingerprint density at radius 2 is 2.38 bits per heavy atom. The highest BCUT2D eigenvalue weighted by Crippen LogP contribution is 2.01. The van der Waals surface area contributed by atoms with E-state index in [9.17, 15) is 4.79 Å². The van der Waals surface area contributed by atoms with Crippen molar-refractivity contribution < 1.29 is 14.1 Å². The highest BCUT2D eigenvalue weighted by atomic mass is 16.5. The predicted octanol–water partition coefficient (Wildman–Crippen LogP) is 0.102. The highest BCUT2D eigenvalue weighted by molar-refractivity contribution is 5.79. The van der Waals surface area contributed by atoms with Crippen LogP contribution in [0.25, 0.3) is 0 Å². The molecule has 4 heteroatoms. The maximum atomic E-state index is 11.2. The van der Waals surface area contributed by atoms with Crippen LogP contribution in [0.5, 0.6) is 0 Å². The zero-order valence-electron chi connectivity index (χ0n) is 8.25. The summed E-state index contributed by atoms with van der Waals surface area (Å²) in [5.74, 6) is -0.354. The van der Waals surface area contributed by atoms with Gasteiger partial charge in [0.25, 0.3) is 6.73 Å². The molecule has 0 bridgehead atoms. The first kappa shape index (κ1) is 10.2. The summed E-state index contributed by atoms with van der Waals surface area (Å²) in [7, 11) is 0. The topological polar surface area (TPSA) is 55.3 Å². The molecular formula is C9H17N2O2+. The predicted molar refractivity (Wildman–Crippen MR) is 49.7 cm³/mol. The van der Waals surface area contributed by atoms with Gasteiger partial charge in [0.15, 0.2) is 0 Å². The van der Waals surface area contributed by atoms with Gasteiger partial charge >= 0.3 is 5.97 Å². The Hall–Kier alpha value is -0.900. The summed E-state index contributed by atoms with van der Waals surface area (Å²) >= 11 is 0. The molecule has 0 spiro atoms. The third-order valence-electron chi connectivity index (χ3n) is 1.92. The largest absolute Gasteiger partial charge is 0.404 e. The lowest BCUT2D eigenvalue weighted by Crippen LogP contribution is -2.43. The van der Waals surface area contributed by atoms with Gasteiger partial charge in [0.2, 0.25) is 0 Å². The number of carbonyl (C=O) groups is 1. The van der Waals surface area contributed by atoms with Crippen molar-refractivity contribution >= 4 is 12.2 Å². The van der Waals surface area contributed by atoms with Crippen molar-refractivity contribution in [3.8, 4) is 0 Å². The van der Waals surface area contributed by atoms with Gasteiger partial charge in [-0.15, -0.1) is 0 Å². The van der Waals surface area contributed by atoms with Crippen molar-refractivity contribution in [1.82, 2.24) is 0 Å². The minimum Gasteiger partial charge on any atom is -0.404 e. The first-order chi connectivity index (χ1) is 6.00. The second-order valence-corrected chi connectivity index (χ2v) is 3.92. The van der Waals surface area contributed by atoms with Crippen LogP contribution in [0.2, 0.25) is 0 Å². The second kappa shape index (κ2) is 3.87. The van der Waals surface area contributed by atoms with Gasteiger partial charge in [0, 0.05) is 12.8 Å². The van der Waals surface area contributed by atoms with Gasteiger partial charge in [0.05, 0.1) is 0 Å². The number of carbonyl (C=O) groups excluding carboxylic acids is 1. The molecule has 4 nitrogen and oxygen atoms in total. The molecule has 0 saturated heterocycles. The molecule has 2 N–H and O–H groups in total. The number of nitrogens with two attached hydrogens (primary N) is 1. The Morgan fingerprint density at radius 1 is 1.69 bits per heavy atom. The molecule has 1 heterocycles. The summed E-state index contributed by atoms with van der Waals surface area (Å²) in [6.07, 6.45) is 4.27. The molecule has 1 aliphatic rings. The highest BCUT2D eigenvalue weighted by Gasteiger charge is 2.25. The Labute approximate surface area is 78.4 Å². The summed E-state index contributed by atoms with van der Waals surface area (Å²) in [6.45, 7) is 4.59. The lowest BCUT2D eigenvalue weighted by molar-refractivity contribution is -0.551. The van der Waals surface area contributed by atoms with E-state index in [1.165, 1.54) is 0 Å². The molecule has 0 saturated carbocycles. The molecule has 1 aliphatic heterocycles. The first-order valence-electron chi connectivity index (χ1n) is 4.53. The molecule has 0 aromatic heterocycles. The van der Waals surface area contributed by atoms with Crippen molar-refractivity contribution in [3.05, 3.63) is 0 Å². The molecular weight excluding hydrogens is 168 g/mol. The smallest absolute Gasteiger partial charge is 0.330 e. The maximum Gasteiger partial charge on any atom is 0.330 e. The number of nitrogens with zero attached hydrogens (tertiary/aromatic N) is 1. The molecule has 1 rings (SSSR count). The average molecular weight is 185 g/mol. The Balaban J connectivity index is 2.30. The molecule has 74 valence electrons. The van der Waals surface area contributed by atoms with Gasteiger partial charge in [-0.1, -0.05) is 0 Å². The Bertz CT molecular complexity index is 228. The molecule has 0 unspecified atom stereocenters. The lowest BCUT2D eigenvalue weighted by atomic mass is 10.1. The monoisotopic (exact) mass is 185 g/mol. The van der Waals surface area contributed by atoms with Crippen LogP contribution in [0.15, 0.2) is 0 Å². The molecule has 0 aliphatic carbocycles. The Morgan fingerprint density at radius 3 is 2.85 bits per heavy atom. The van der Waals surface area contributed by atoms with E-state index in [1.54, 1.807) is 13.8 Å². The summed E-state index contributed by atoms with van der Waals surface area (Å²) in [5.41, 5.74) is 4.67. The zero-order valence-corrected chi connectivity index (χ0v) is 8.25. The number of hydrogen-bond acceptors (Lipinski definition) is 3. The van der Waals surface area contributed by atoms with Crippen LogP contribution in [0, 0.1) is 0 Å². The van der Waals surface area contributed by atoms with Crippen LogP contribution < -0.4 is 5.73 Å². The fourth-order valence-corrected chi connectivity index (χ4v) is 1.10. The normalized spacial score (nSPS) is 17.0. The van der Waals surface area contributed by atoms with Crippen molar-refractivity contribution in [2.75, 3.05) is 13.3 Å². The number of ether oxygens (including phenoxy) is 1. The molecule has 0 amide bonds. The Kier molecular flexibility index (Phi) is 3.03. The van der Waals surface area contributed by atoms with Crippen molar-refractivity contribution in [1.29, 1.82) is 0 Å². The average Bonchev–Trinajstić information content (AvgIpc) is 2.50. The minimum atomic E-state index is -0.889. The standard InChI is InChI=1S/C9H17N2O2/c1-9(2,10)8(12)13-7-11-5-3-4-6-11/h5H,3-4,6-7,10H2,1-2H3/q+1. The molecule has 0 aromatic carbocycles. The van der Waals surface area contributed by atoms with Gasteiger partial charge < -0.3 is 10.5 Å². The van der Waals surface area contributed by atoms with Gasteiger partial charge in [-0.25, -0.2) is 9.37 Å². The number of rotatable bonds is 3. The van der Waals surface area contributed by atoms with E-state index in [0.717, 1.165) is 19.4 Å². The SMILES string of the molecule is CC(C)(N)C(=O)OC[N+]1=CCCC1. The second-order valence-electron chi connectivity index (χ2n) is 3.92. The van der Waals surface area contributed by atoms with E-state index >= 15 is 0 Å². The summed E-state index contributed by atoms with van der Waals surface area (Å²) < 4.78 is 7.01. The van der Waals surface area contributed by atoms with Gasteiger partial charge in [-0.05, 0) is 13.8 Å². The van der Waals surface area contributed by atoms with Crippen molar-refractivity contribution in [2.24, 2.45) is 5.73 Å². The molecule has 0 aromatic rings. The fourth-order valence-electron chi connectivity index (χ4n) is 1.10. The summed E-state index contributed by atoms with van der Waals surface area (Å²) in [6, 6.07) is 0. The van der Waals surface area contributed by atoms with Gasteiger partial charge in [0.1, 0.15) is 18.3 Å². The third-order valence-corrected chi connectivity index (χ3v) is 1.92. The molecule has 0 fully saturated rings. The van der Waals surface area contributed by atoms with Crippen LogP contribution in [0.4, 0.5) is 0 Å². The zero-order chi connectivity index (χ0) is 9.90. The minimum absolute atomic E-state index is 0.333. The summed E-state index contributed by atoms with van der Waals surface area (Å²) in [5, 5.41) is 0. The molecule has 0 radical (unpaired) electrons. The van der Waals surface area contributed by atoms with E-state index in [-0.39, 0.29) is 5.97 Å². The van der Waals surface area contributed by atoms with Gasteiger partial charge in [-0.3, -0.25) is 0 Å². The van der Waals surface area contributed by atoms with Crippen molar-refractivity contribution in [3.63, 3.8) is 0 Å². The number of hydrogen-bond donors (Lipinski definition) is 1. The first-order valence-corrected chi connectivity index (χ1v) is 4.53. The van der Waals surface area contributed by atoms with Gasteiger partial charge in [-0.2, -0.15) is 0 Å². The van der Waals surface area contributed by atoms with Crippen LogP contribution in [0.3, 0.4) is 0 Å². The maximum absolute atomic E-state index is 11.2. The van der Waals surface area contributed by atoms with Crippen LogP contribution in [-0.2, 0) is 9.53 Å². The molecule has 13 heavy (non-hydrogen) atoms. The van der Waals surface area contributed by atoms with E-state index in [2.05, 4.69) is 6.21 Å². The van der Waals surface area contributed by atoms with E-state index in [4.69, 9.17) is 10.5 Å². The van der Waals surface area contributed by atoms with E-state index in [0.29, 0.717) is 6.73 Å². The van der Waals surface area contributed by atoms with Crippen LogP contribution in [0.1, 0.15) is 26.7 Å². The lowest BCUT2D eigenvalue weighted by Gasteiger charge is -2.15. The number of esters is 1. The quantitative estimate of drug-likeness (QED) is 0.501. The van der Waals surface area contributed by atoms with Crippen molar-refractivity contribution in [2.45, 2.75) is 32.2 Å².